The molecule has 2 rings (SSSR count). The first-order chi connectivity index (χ1) is 12.3. The number of nitriles is 1. The first kappa shape index (κ1) is 19.0. The van der Waals surface area contributed by atoms with Crippen molar-refractivity contribution in [1.82, 2.24) is 0 Å². The van der Waals surface area contributed by atoms with Crippen molar-refractivity contribution < 1.29 is 19.2 Å². The van der Waals surface area contributed by atoms with Crippen LogP contribution in [0, 0.1) is 21.4 Å². The maximum Gasteiger partial charge on any atom is 0.338 e. The molecular weight excluding hydrogens is 338 g/mol. The van der Waals surface area contributed by atoms with Gasteiger partial charge in [-0.15, -0.1) is 0 Å². The van der Waals surface area contributed by atoms with Crippen LogP contribution in [0.15, 0.2) is 41.0 Å². The summed E-state index contributed by atoms with van der Waals surface area (Å²) < 4.78 is 10.4. The molecule has 1 aliphatic rings. The molecule has 1 aromatic rings. The highest BCUT2D eigenvalue weighted by molar-refractivity contribution is 5.92. The smallest absolute Gasteiger partial charge is 0.338 e. The van der Waals surface area contributed by atoms with Crippen LogP contribution in [0.25, 0.3) is 0 Å². The second-order valence-corrected chi connectivity index (χ2v) is 5.61. The molecule has 1 atom stereocenters. The van der Waals surface area contributed by atoms with Gasteiger partial charge in [0.1, 0.15) is 17.4 Å². The summed E-state index contributed by atoms with van der Waals surface area (Å²) in [5.41, 5.74) is 6.81. The van der Waals surface area contributed by atoms with Gasteiger partial charge in [0.05, 0.1) is 23.0 Å². The number of nitrogens with two attached hydrogens (primary N) is 1. The van der Waals surface area contributed by atoms with Crippen molar-refractivity contribution in [2.75, 3.05) is 6.61 Å². The molecule has 1 aliphatic heterocycles. The average molecular weight is 357 g/mol. The molecule has 8 nitrogen and oxygen atoms in total. The number of ether oxygens (including phenoxy) is 2. The zero-order valence-electron chi connectivity index (χ0n) is 14.7. The average Bonchev–Trinajstić information content (AvgIpc) is 2.60. The second kappa shape index (κ2) is 7.70. The van der Waals surface area contributed by atoms with Gasteiger partial charge in [-0.3, -0.25) is 10.1 Å². The molecule has 8 heteroatoms. The lowest BCUT2D eigenvalue weighted by molar-refractivity contribution is -0.385. The highest BCUT2D eigenvalue weighted by atomic mass is 16.6. The Hall–Kier alpha value is -3.34. The molecule has 0 amide bonds. The Balaban J connectivity index is 2.69. The SMILES string of the molecule is CCOC(=O)C1=C(C)OC(N)=C(C#N)C1c1ccc(CC)c([N+](=O)[O-])c1. The summed E-state index contributed by atoms with van der Waals surface area (Å²) in [5.74, 6) is -1.48. The number of aryl methyl sites for hydroxylation is 1. The highest BCUT2D eigenvalue weighted by Crippen LogP contribution is 2.40. The van der Waals surface area contributed by atoms with E-state index in [0.717, 1.165) is 0 Å². The summed E-state index contributed by atoms with van der Waals surface area (Å²) in [4.78, 5) is 23.3. The van der Waals surface area contributed by atoms with Gasteiger partial charge in [0, 0.05) is 11.6 Å². The van der Waals surface area contributed by atoms with Crippen LogP contribution in [0.2, 0.25) is 0 Å². The molecule has 0 saturated carbocycles. The van der Waals surface area contributed by atoms with E-state index in [0.29, 0.717) is 17.5 Å². The third-order valence-corrected chi connectivity index (χ3v) is 4.12. The number of carbonyl (C=O) groups is 1. The minimum atomic E-state index is -0.891. The molecule has 1 unspecified atom stereocenters. The number of hydrogen-bond donors (Lipinski definition) is 1. The fourth-order valence-corrected chi connectivity index (χ4v) is 2.92. The molecule has 2 N–H and O–H groups in total. The molecule has 0 saturated heterocycles. The normalized spacial score (nSPS) is 16.8. The van der Waals surface area contributed by atoms with Gasteiger partial charge in [-0.2, -0.15) is 5.26 Å². The van der Waals surface area contributed by atoms with Crippen molar-refractivity contribution in [2.24, 2.45) is 5.73 Å². The zero-order valence-corrected chi connectivity index (χ0v) is 14.7. The van der Waals surface area contributed by atoms with E-state index in [9.17, 15) is 20.2 Å². The first-order valence-corrected chi connectivity index (χ1v) is 8.08. The van der Waals surface area contributed by atoms with E-state index in [1.54, 1.807) is 19.1 Å². The predicted octanol–water partition coefficient (Wildman–Crippen LogP) is 2.80. The molecule has 0 aromatic heterocycles. The van der Waals surface area contributed by atoms with Gasteiger partial charge >= 0.3 is 5.97 Å². The lowest BCUT2D eigenvalue weighted by Gasteiger charge is -2.26. The lowest BCUT2D eigenvalue weighted by atomic mass is 9.82. The monoisotopic (exact) mass is 357 g/mol. The number of nitro benzene ring substituents is 1. The van der Waals surface area contributed by atoms with E-state index < -0.39 is 16.8 Å². The Kier molecular flexibility index (Phi) is 5.62. The maximum absolute atomic E-state index is 12.4. The molecule has 0 radical (unpaired) electrons. The summed E-state index contributed by atoms with van der Waals surface area (Å²) >= 11 is 0. The largest absolute Gasteiger partial charge is 0.463 e. The van der Waals surface area contributed by atoms with Crippen molar-refractivity contribution in [3.8, 4) is 6.07 Å². The summed E-state index contributed by atoms with van der Waals surface area (Å²) in [6.45, 7) is 5.14. The van der Waals surface area contributed by atoms with Gasteiger partial charge in [0.2, 0.25) is 5.88 Å². The quantitative estimate of drug-likeness (QED) is 0.487. The second-order valence-electron chi connectivity index (χ2n) is 5.61. The van der Waals surface area contributed by atoms with Gasteiger partial charge in [-0.25, -0.2) is 4.79 Å². The summed E-state index contributed by atoms with van der Waals surface area (Å²) in [5, 5.41) is 20.9. The molecule has 0 aliphatic carbocycles. The predicted molar refractivity (Wildman–Crippen MR) is 92.5 cm³/mol. The fraction of sp³-hybridized carbons (Fsp3) is 0.333. The molecule has 0 fully saturated rings. The van der Waals surface area contributed by atoms with Crippen LogP contribution in [0.5, 0.6) is 0 Å². The van der Waals surface area contributed by atoms with Crippen LogP contribution >= 0.6 is 0 Å². The Bertz CT molecular complexity index is 864. The number of nitrogens with zero attached hydrogens (tertiary/aromatic N) is 2. The van der Waals surface area contributed by atoms with Crippen molar-refractivity contribution in [3.05, 3.63) is 62.2 Å². The van der Waals surface area contributed by atoms with E-state index in [2.05, 4.69) is 0 Å². The van der Waals surface area contributed by atoms with Gasteiger partial charge in [0.15, 0.2) is 0 Å². The van der Waals surface area contributed by atoms with Crippen molar-refractivity contribution in [2.45, 2.75) is 33.1 Å². The number of esters is 1. The van der Waals surface area contributed by atoms with Crippen LogP contribution in [-0.4, -0.2) is 17.5 Å². The molecule has 1 heterocycles. The van der Waals surface area contributed by atoms with Crippen LogP contribution in [0.3, 0.4) is 0 Å². The van der Waals surface area contributed by atoms with Crippen molar-refractivity contribution in [1.29, 1.82) is 5.26 Å². The topological polar surface area (TPSA) is 128 Å². The molecule has 0 spiro atoms. The van der Waals surface area contributed by atoms with E-state index >= 15 is 0 Å². The highest BCUT2D eigenvalue weighted by Gasteiger charge is 2.37. The van der Waals surface area contributed by atoms with Gasteiger partial charge in [0.25, 0.3) is 5.69 Å². The number of carbonyl (C=O) groups excluding carboxylic acids is 1. The van der Waals surface area contributed by atoms with E-state index in [4.69, 9.17) is 15.2 Å². The standard InChI is InChI=1S/C18H19N3O5/c1-4-11-6-7-12(8-14(11)21(23)24)16-13(9-19)17(20)26-10(3)15(16)18(22)25-5-2/h6-8,16H,4-5,20H2,1-3H3. The van der Waals surface area contributed by atoms with E-state index in [1.807, 2.05) is 13.0 Å². The first-order valence-electron chi connectivity index (χ1n) is 8.08. The minimum absolute atomic E-state index is 0.0113. The van der Waals surface area contributed by atoms with Gasteiger partial charge < -0.3 is 15.2 Å². The van der Waals surface area contributed by atoms with Crippen LogP contribution in [0.4, 0.5) is 5.69 Å². The van der Waals surface area contributed by atoms with Crippen molar-refractivity contribution >= 4 is 11.7 Å². The summed E-state index contributed by atoms with van der Waals surface area (Å²) in [6.07, 6.45) is 0.479. The molecule has 136 valence electrons. The maximum atomic E-state index is 12.4. The van der Waals surface area contributed by atoms with Crippen LogP contribution in [0.1, 0.15) is 37.8 Å². The van der Waals surface area contributed by atoms with Crippen LogP contribution in [-0.2, 0) is 20.7 Å². The van der Waals surface area contributed by atoms with E-state index in [-0.39, 0.29) is 35.1 Å². The Morgan fingerprint density at radius 3 is 2.69 bits per heavy atom. The lowest BCUT2D eigenvalue weighted by Crippen LogP contribution is -2.25. The van der Waals surface area contributed by atoms with Crippen LogP contribution < -0.4 is 5.73 Å². The zero-order chi connectivity index (χ0) is 19.4. The summed E-state index contributed by atoms with van der Waals surface area (Å²) in [6, 6.07) is 6.58. The van der Waals surface area contributed by atoms with E-state index in [1.165, 1.54) is 13.0 Å². The third kappa shape index (κ3) is 3.37. The number of nitro groups is 1. The number of allylic oxidation sites excluding steroid dienone is 2. The number of rotatable bonds is 5. The molecule has 0 bridgehead atoms. The number of hydrogen-bond acceptors (Lipinski definition) is 7. The Morgan fingerprint density at radius 1 is 1.46 bits per heavy atom. The third-order valence-electron chi connectivity index (χ3n) is 4.12. The minimum Gasteiger partial charge on any atom is -0.463 e. The fourth-order valence-electron chi connectivity index (χ4n) is 2.92. The Labute approximate surface area is 150 Å². The van der Waals surface area contributed by atoms with Gasteiger partial charge in [-0.1, -0.05) is 19.1 Å². The van der Waals surface area contributed by atoms with Gasteiger partial charge in [-0.05, 0) is 25.8 Å². The van der Waals surface area contributed by atoms with Crippen molar-refractivity contribution in [3.63, 3.8) is 0 Å². The Morgan fingerprint density at radius 2 is 2.15 bits per heavy atom. The molecule has 26 heavy (non-hydrogen) atoms. The molecule has 1 aromatic carbocycles. The number of benzene rings is 1. The summed E-state index contributed by atoms with van der Waals surface area (Å²) in [7, 11) is 0. The molecular formula is C18H19N3O5.